The lowest BCUT2D eigenvalue weighted by Gasteiger charge is -2.32. The molecule has 0 aliphatic heterocycles. The van der Waals surface area contributed by atoms with Crippen LogP contribution in [0.3, 0.4) is 0 Å². The summed E-state index contributed by atoms with van der Waals surface area (Å²) >= 11 is 0. The maximum absolute atomic E-state index is 11.6. The Morgan fingerprint density at radius 2 is 1.88 bits per heavy atom. The second-order valence-corrected chi connectivity index (χ2v) is 4.98. The molecule has 1 amide bonds. The summed E-state index contributed by atoms with van der Waals surface area (Å²) in [7, 11) is 0. The molecule has 98 valence electrons. The van der Waals surface area contributed by atoms with Crippen molar-refractivity contribution in [1.29, 1.82) is 0 Å². The summed E-state index contributed by atoms with van der Waals surface area (Å²) in [4.78, 5) is 23.0. The molecule has 1 fully saturated rings. The minimum Gasteiger partial charge on any atom is -0.481 e. The summed E-state index contributed by atoms with van der Waals surface area (Å²) in [5.41, 5.74) is -0.888. The van der Waals surface area contributed by atoms with Crippen molar-refractivity contribution in [1.82, 2.24) is 5.32 Å². The van der Waals surface area contributed by atoms with E-state index in [4.69, 9.17) is 5.11 Å². The lowest BCUT2D eigenvalue weighted by atomic mass is 9.71. The second kappa shape index (κ2) is 6.00. The van der Waals surface area contributed by atoms with Gasteiger partial charge in [-0.1, -0.05) is 19.3 Å². The van der Waals surface area contributed by atoms with Gasteiger partial charge in [-0.2, -0.15) is 0 Å². The van der Waals surface area contributed by atoms with Crippen molar-refractivity contribution in [2.75, 3.05) is 6.54 Å². The number of carboxylic acid groups (broad SMARTS) is 1. The molecule has 0 spiro atoms. The van der Waals surface area contributed by atoms with Gasteiger partial charge in [0.2, 0.25) is 5.91 Å². The minimum atomic E-state index is -0.888. The first-order valence-electron chi connectivity index (χ1n) is 6.14. The van der Waals surface area contributed by atoms with Crippen LogP contribution in [0, 0.1) is 5.41 Å². The molecule has 3 N–H and O–H groups in total. The molecule has 0 unspecified atom stereocenters. The molecule has 0 aromatic rings. The van der Waals surface area contributed by atoms with E-state index in [1.54, 1.807) is 6.92 Å². The van der Waals surface area contributed by atoms with E-state index in [2.05, 4.69) is 5.32 Å². The Labute approximate surface area is 101 Å². The summed E-state index contributed by atoms with van der Waals surface area (Å²) in [6.45, 7) is 1.75. The SMILES string of the molecule is C[C@H](O)CNC(=O)CC1(C(=O)O)CCCCC1. The van der Waals surface area contributed by atoms with E-state index in [0.29, 0.717) is 12.8 Å². The highest BCUT2D eigenvalue weighted by atomic mass is 16.4. The van der Waals surface area contributed by atoms with Crippen molar-refractivity contribution < 1.29 is 19.8 Å². The zero-order valence-electron chi connectivity index (χ0n) is 10.2. The zero-order chi connectivity index (χ0) is 12.9. The van der Waals surface area contributed by atoms with E-state index in [1.807, 2.05) is 0 Å². The standard InChI is InChI=1S/C12H21NO4/c1-9(14)8-13-10(15)7-12(11(16)17)5-3-2-4-6-12/h9,14H,2-8H2,1H3,(H,13,15)(H,16,17)/t9-/m0/s1. The lowest BCUT2D eigenvalue weighted by molar-refractivity contribution is -0.154. The van der Waals surface area contributed by atoms with Gasteiger partial charge in [-0.05, 0) is 19.8 Å². The van der Waals surface area contributed by atoms with Crippen molar-refractivity contribution in [3.05, 3.63) is 0 Å². The van der Waals surface area contributed by atoms with E-state index in [9.17, 15) is 14.7 Å². The van der Waals surface area contributed by atoms with Gasteiger partial charge in [0.25, 0.3) is 0 Å². The Morgan fingerprint density at radius 3 is 2.35 bits per heavy atom. The van der Waals surface area contributed by atoms with Crippen molar-refractivity contribution >= 4 is 11.9 Å². The zero-order valence-corrected chi connectivity index (χ0v) is 10.2. The average Bonchev–Trinajstić information content (AvgIpc) is 2.27. The molecular formula is C12H21NO4. The Kier molecular flexibility index (Phi) is 4.93. The Morgan fingerprint density at radius 1 is 1.29 bits per heavy atom. The maximum atomic E-state index is 11.6. The Hall–Kier alpha value is -1.10. The van der Waals surface area contributed by atoms with Gasteiger partial charge in [0, 0.05) is 13.0 Å². The van der Waals surface area contributed by atoms with Gasteiger partial charge < -0.3 is 15.5 Å². The fourth-order valence-electron chi connectivity index (χ4n) is 2.33. The number of nitrogens with one attached hydrogen (secondary N) is 1. The molecule has 1 saturated carbocycles. The number of hydrogen-bond acceptors (Lipinski definition) is 3. The third kappa shape index (κ3) is 4.00. The Bertz CT molecular complexity index is 282. The predicted molar refractivity (Wildman–Crippen MR) is 62.5 cm³/mol. The molecule has 1 rings (SSSR count). The first-order valence-corrected chi connectivity index (χ1v) is 6.14. The van der Waals surface area contributed by atoms with Crippen LogP contribution in [0.25, 0.3) is 0 Å². The van der Waals surface area contributed by atoms with E-state index in [0.717, 1.165) is 19.3 Å². The van der Waals surface area contributed by atoms with Crippen molar-refractivity contribution in [3.63, 3.8) is 0 Å². The van der Waals surface area contributed by atoms with Gasteiger partial charge in [0.05, 0.1) is 11.5 Å². The summed E-state index contributed by atoms with van der Waals surface area (Å²) < 4.78 is 0. The topological polar surface area (TPSA) is 86.6 Å². The molecule has 5 nitrogen and oxygen atoms in total. The van der Waals surface area contributed by atoms with Crippen LogP contribution in [-0.2, 0) is 9.59 Å². The van der Waals surface area contributed by atoms with Crippen molar-refractivity contribution in [2.24, 2.45) is 5.41 Å². The molecule has 1 aliphatic carbocycles. The summed E-state index contributed by atoms with van der Waals surface area (Å²) in [6, 6.07) is 0. The molecule has 0 aromatic heterocycles. The second-order valence-electron chi connectivity index (χ2n) is 4.98. The normalized spacial score (nSPS) is 20.6. The number of amides is 1. The largest absolute Gasteiger partial charge is 0.481 e. The van der Waals surface area contributed by atoms with Gasteiger partial charge in [-0.25, -0.2) is 0 Å². The van der Waals surface area contributed by atoms with Gasteiger partial charge in [0.15, 0.2) is 0 Å². The van der Waals surface area contributed by atoms with Gasteiger partial charge in [-0.15, -0.1) is 0 Å². The third-order valence-corrected chi connectivity index (χ3v) is 3.36. The molecular weight excluding hydrogens is 222 g/mol. The maximum Gasteiger partial charge on any atom is 0.310 e. The highest BCUT2D eigenvalue weighted by molar-refractivity contribution is 5.85. The molecule has 1 atom stereocenters. The van der Waals surface area contributed by atoms with Crippen LogP contribution in [0.2, 0.25) is 0 Å². The number of aliphatic carboxylic acids is 1. The van der Waals surface area contributed by atoms with Crippen LogP contribution >= 0.6 is 0 Å². The van der Waals surface area contributed by atoms with E-state index < -0.39 is 17.5 Å². The van der Waals surface area contributed by atoms with Gasteiger partial charge >= 0.3 is 5.97 Å². The Balaban J connectivity index is 2.54. The first-order chi connectivity index (χ1) is 7.96. The molecule has 0 saturated heterocycles. The van der Waals surface area contributed by atoms with E-state index in [-0.39, 0.29) is 18.9 Å². The molecule has 1 aliphatic rings. The van der Waals surface area contributed by atoms with Crippen molar-refractivity contribution in [2.45, 2.75) is 51.6 Å². The van der Waals surface area contributed by atoms with Gasteiger partial charge in [-0.3, -0.25) is 9.59 Å². The van der Waals surface area contributed by atoms with E-state index in [1.165, 1.54) is 0 Å². The average molecular weight is 243 g/mol. The fraction of sp³-hybridized carbons (Fsp3) is 0.833. The number of carbonyl (C=O) groups excluding carboxylic acids is 1. The monoisotopic (exact) mass is 243 g/mol. The highest BCUT2D eigenvalue weighted by Crippen LogP contribution is 2.39. The van der Waals surface area contributed by atoms with Crippen LogP contribution < -0.4 is 5.32 Å². The van der Waals surface area contributed by atoms with Crippen LogP contribution in [0.4, 0.5) is 0 Å². The third-order valence-electron chi connectivity index (χ3n) is 3.36. The molecule has 17 heavy (non-hydrogen) atoms. The number of aliphatic hydroxyl groups excluding tert-OH is 1. The number of rotatable bonds is 5. The summed E-state index contributed by atoms with van der Waals surface area (Å²) in [5, 5.41) is 20.9. The summed E-state index contributed by atoms with van der Waals surface area (Å²) in [5.74, 6) is -1.15. The van der Waals surface area contributed by atoms with E-state index >= 15 is 0 Å². The first kappa shape index (κ1) is 14.0. The quantitative estimate of drug-likeness (QED) is 0.670. The van der Waals surface area contributed by atoms with Crippen molar-refractivity contribution in [3.8, 4) is 0 Å². The minimum absolute atomic E-state index is 0.0229. The number of carbonyl (C=O) groups is 2. The number of hydrogen-bond donors (Lipinski definition) is 3. The molecule has 0 heterocycles. The highest BCUT2D eigenvalue weighted by Gasteiger charge is 2.41. The smallest absolute Gasteiger partial charge is 0.310 e. The number of aliphatic hydroxyl groups is 1. The van der Waals surface area contributed by atoms with Gasteiger partial charge in [0.1, 0.15) is 0 Å². The summed E-state index contributed by atoms with van der Waals surface area (Å²) in [6.07, 6.45) is 3.35. The lowest BCUT2D eigenvalue weighted by Crippen LogP contribution is -2.40. The predicted octanol–water partition coefficient (Wildman–Crippen LogP) is 0.909. The molecule has 0 aromatic carbocycles. The fourth-order valence-corrected chi connectivity index (χ4v) is 2.33. The van der Waals surface area contributed by atoms with Crippen LogP contribution in [0.1, 0.15) is 45.4 Å². The van der Waals surface area contributed by atoms with Crippen LogP contribution in [-0.4, -0.2) is 34.7 Å². The molecule has 0 bridgehead atoms. The number of carboxylic acids is 1. The van der Waals surface area contributed by atoms with Crippen LogP contribution in [0.5, 0.6) is 0 Å². The molecule has 0 radical (unpaired) electrons. The molecule has 5 heteroatoms. The van der Waals surface area contributed by atoms with Crippen LogP contribution in [0.15, 0.2) is 0 Å².